The van der Waals surface area contributed by atoms with Crippen molar-refractivity contribution in [3.8, 4) is 11.4 Å². The fourth-order valence-corrected chi connectivity index (χ4v) is 3.54. The number of nitrogens with one attached hydrogen (secondary N) is 3. The average molecular weight is 468 g/mol. The van der Waals surface area contributed by atoms with Crippen LogP contribution in [0.5, 0.6) is 0 Å². The lowest BCUT2D eigenvalue weighted by Gasteiger charge is -2.06. The second-order valence-electron chi connectivity index (χ2n) is 7.82. The first kappa shape index (κ1) is 22.0. The normalized spacial score (nSPS) is 10.8. The Kier molecular flexibility index (Phi) is 5.76. The monoisotopic (exact) mass is 468 g/mol. The fourth-order valence-electron chi connectivity index (χ4n) is 3.54. The topological polar surface area (TPSA) is 86.9 Å². The molecule has 0 atom stereocenters. The molecular weight excluding hydrogens is 450 g/mol. The molecule has 0 radical (unpaired) electrons. The fraction of sp³-hybridized carbons (Fsp3) is 0. The third kappa shape index (κ3) is 4.91. The number of nitrogens with zero attached hydrogens (tertiary/aromatic N) is 1. The number of aromatic amines is 1. The number of benzene rings is 4. The van der Waals surface area contributed by atoms with Gasteiger partial charge in [0.05, 0.1) is 11.0 Å². The molecular formula is C27H18F2N4O2. The third-order valence-corrected chi connectivity index (χ3v) is 5.37. The smallest absolute Gasteiger partial charge is 0.255 e. The van der Waals surface area contributed by atoms with Crippen molar-refractivity contribution in [1.29, 1.82) is 0 Å². The Bertz CT molecular complexity index is 1530. The van der Waals surface area contributed by atoms with E-state index in [4.69, 9.17) is 0 Å². The number of carbonyl (C=O) groups excluding carboxylic acids is 2. The van der Waals surface area contributed by atoms with E-state index in [0.717, 1.165) is 11.1 Å². The Morgan fingerprint density at radius 3 is 1.74 bits per heavy atom. The van der Waals surface area contributed by atoms with E-state index in [9.17, 15) is 18.4 Å². The summed E-state index contributed by atoms with van der Waals surface area (Å²) in [5.41, 5.74) is 4.11. The zero-order valence-corrected chi connectivity index (χ0v) is 18.2. The summed E-state index contributed by atoms with van der Waals surface area (Å²) in [5.74, 6) is -0.868. The summed E-state index contributed by atoms with van der Waals surface area (Å²) in [6.45, 7) is 0. The summed E-state index contributed by atoms with van der Waals surface area (Å²) in [7, 11) is 0. The van der Waals surface area contributed by atoms with Crippen molar-refractivity contribution in [2.45, 2.75) is 0 Å². The van der Waals surface area contributed by atoms with Crippen molar-refractivity contribution >= 4 is 34.2 Å². The minimum atomic E-state index is -0.406. The van der Waals surface area contributed by atoms with Crippen LogP contribution in [0.4, 0.5) is 20.2 Å². The molecule has 0 aliphatic heterocycles. The van der Waals surface area contributed by atoms with E-state index in [0.29, 0.717) is 33.8 Å². The van der Waals surface area contributed by atoms with E-state index in [2.05, 4.69) is 20.6 Å². The largest absolute Gasteiger partial charge is 0.338 e. The second kappa shape index (κ2) is 9.18. The Labute approximate surface area is 198 Å². The number of hydrogen-bond donors (Lipinski definition) is 3. The molecule has 0 aliphatic rings. The van der Waals surface area contributed by atoms with Crippen molar-refractivity contribution in [2.75, 3.05) is 10.6 Å². The standard InChI is InChI=1S/C27H18F2N4O2/c28-19-7-1-17(2-8-19)26(34)30-21-11-5-16(6-12-21)25-32-23-14-13-22(15-24(23)33-25)31-27(35)18-3-9-20(29)10-4-18/h1-15H,(H,30,34)(H,31,35)(H,32,33). The lowest BCUT2D eigenvalue weighted by Crippen LogP contribution is -2.11. The maximum atomic E-state index is 13.1. The number of anilines is 2. The van der Waals surface area contributed by atoms with Gasteiger partial charge in [-0.25, -0.2) is 13.8 Å². The molecule has 0 unspecified atom stereocenters. The molecule has 0 fully saturated rings. The number of hydrogen-bond acceptors (Lipinski definition) is 3. The minimum absolute atomic E-state index is 0.336. The van der Waals surface area contributed by atoms with Gasteiger partial charge in [-0.05, 0) is 91.0 Å². The van der Waals surface area contributed by atoms with E-state index in [1.165, 1.54) is 48.5 Å². The number of H-pyrrole nitrogens is 1. The van der Waals surface area contributed by atoms with E-state index < -0.39 is 11.6 Å². The first-order valence-electron chi connectivity index (χ1n) is 10.7. The highest BCUT2D eigenvalue weighted by molar-refractivity contribution is 6.05. The first-order chi connectivity index (χ1) is 16.9. The summed E-state index contributed by atoms with van der Waals surface area (Å²) in [4.78, 5) is 32.5. The molecule has 8 heteroatoms. The van der Waals surface area contributed by atoms with Crippen LogP contribution >= 0.6 is 0 Å². The highest BCUT2D eigenvalue weighted by atomic mass is 19.1. The third-order valence-electron chi connectivity index (χ3n) is 5.37. The second-order valence-corrected chi connectivity index (χ2v) is 7.82. The summed E-state index contributed by atoms with van der Waals surface area (Å²) >= 11 is 0. The van der Waals surface area contributed by atoms with Gasteiger partial charge in [0.25, 0.3) is 11.8 Å². The van der Waals surface area contributed by atoms with Gasteiger partial charge in [-0.3, -0.25) is 9.59 Å². The van der Waals surface area contributed by atoms with E-state index in [1.54, 1.807) is 30.3 Å². The van der Waals surface area contributed by atoms with Crippen LogP contribution in [0.2, 0.25) is 0 Å². The molecule has 5 rings (SSSR count). The predicted octanol–water partition coefficient (Wildman–Crippen LogP) is 6.01. The lowest BCUT2D eigenvalue weighted by atomic mass is 10.1. The number of rotatable bonds is 5. The van der Waals surface area contributed by atoms with Gasteiger partial charge < -0.3 is 15.6 Å². The van der Waals surface area contributed by atoms with Crippen LogP contribution in [-0.2, 0) is 0 Å². The number of carbonyl (C=O) groups is 2. The quantitative estimate of drug-likeness (QED) is 0.295. The summed E-state index contributed by atoms with van der Waals surface area (Å²) in [6.07, 6.45) is 0. The molecule has 0 bridgehead atoms. The van der Waals surface area contributed by atoms with Gasteiger partial charge in [0.1, 0.15) is 17.5 Å². The van der Waals surface area contributed by atoms with Crippen molar-refractivity contribution in [3.05, 3.63) is 114 Å². The van der Waals surface area contributed by atoms with E-state index in [-0.39, 0.29) is 11.8 Å². The van der Waals surface area contributed by atoms with Crippen molar-refractivity contribution in [3.63, 3.8) is 0 Å². The van der Waals surface area contributed by atoms with E-state index in [1.807, 2.05) is 12.1 Å². The molecule has 172 valence electrons. The molecule has 35 heavy (non-hydrogen) atoms. The molecule has 6 nitrogen and oxygen atoms in total. The molecule has 0 spiro atoms. The van der Waals surface area contributed by atoms with Crippen LogP contribution in [0.3, 0.4) is 0 Å². The number of imidazole rings is 1. The number of halogens is 2. The molecule has 5 aromatic rings. The zero-order valence-electron chi connectivity index (χ0n) is 18.2. The van der Waals surface area contributed by atoms with Gasteiger partial charge >= 0.3 is 0 Å². The zero-order chi connectivity index (χ0) is 24.4. The van der Waals surface area contributed by atoms with Gasteiger partial charge in [-0.2, -0.15) is 0 Å². The average Bonchev–Trinajstić information content (AvgIpc) is 3.29. The number of fused-ring (bicyclic) bond motifs is 1. The summed E-state index contributed by atoms with van der Waals surface area (Å²) in [5, 5.41) is 5.56. The maximum Gasteiger partial charge on any atom is 0.255 e. The molecule has 1 heterocycles. The van der Waals surface area contributed by atoms with Crippen LogP contribution in [0.1, 0.15) is 20.7 Å². The minimum Gasteiger partial charge on any atom is -0.338 e. The van der Waals surface area contributed by atoms with Crippen LogP contribution in [0.25, 0.3) is 22.4 Å². The highest BCUT2D eigenvalue weighted by Gasteiger charge is 2.11. The van der Waals surface area contributed by atoms with Crippen LogP contribution in [-0.4, -0.2) is 21.8 Å². The predicted molar refractivity (Wildman–Crippen MR) is 130 cm³/mol. The van der Waals surface area contributed by atoms with Gasteiger partial charge in [-0.15, -0.1) is 0 Å². The summed E-state index contributed by atoms with van der Waals surface area (Å²) < 4.78 is 26.1. The molecule has 1 aromatic heterocycles. The van der Waals surface area contributed by atoms with Gasteiger partial charge in [0, 0.05) is 28.1 Å². The number of aromatic nitrogens is 2. The molecule has 0 aliphatic carbocycles. The van der Waals surface area contributed by atoms with Crippen molar-refractivity contribution < 1.29 is 18.4 Å². The molecule has 0 saturated carbocycles. The SMILES string of the molecule is O=C(Nc1ccc(-c2nc3ccc(NC(=O)c4ccc(F)cc4)cc3[nH]2)cc1)c1ccc(F)cc1. The van der Waals surface area contributed by atoms with Crippen molar-refractivity contribution in [1.82, 2.24) is 9.97 Å². The lowest BCUT2D eigenvalue weighted by molar-refractivity contribution is 0.101. The van der Waals surface area contributed by atoms with E-state index >= 15 is 0 Å². The maximum absolute atomic E-state index is 13.1. The number of amides is 2. The Morgan fingerprint density at radius 1 is 0.657 bits per heavy atom. The summed E-state index contributed by atoms with van der Waals surface area (Å²) in [6, 6.07) is 23.0. The highest BCUT2D eigenvalue weighted by Crippen LogP contribution is 2.24. The molecule has 4 aromatic carbocycles. The first-order valence-corrected chi connectivity index (χ1v) is 10.7. The Hall–Kier alpha value is -4.85. The van der Waals surface area contributed by atoms with Gasteiger partial charge in [-0.1, -0.05) is 0 Å². The van der Waals surface area contributed by atoms with Crippen LogP contribution in [0, 0.1) is 11.6 Å². The van der Waals surface area contributed by atoms with Crippen LogP contribution in [0.15, 0.2) is 91.0 Å². The molecule has 3 N–H and O–H groups in total. The Morgan fingerprint density at radius 2 is 1.17 bits per heavy atom. The van der Waals surface area contributed by atoms with Crippen molar-refractivity contribution in [2.24, 2.45) is 0 Å². The van der Waals surface area contributed by atoms with Crippen LogP contribution < -0.4 is 10.6 Å². The molecule has 0 saturated heterocycles. The molecule has 2 amide bonds. The van der Waals surface area contributed by atoms with Gasteiger partial charge in [0.2, 0.25) is 0 Å². The van der Waals surface area contributed by atoms with Gasteiger partial charge in [0.15, 0.2) is 0 Å². The Balaban J connectivity index is 1.30.